The molecule has 2 rings (SSSR count). The van der Waals surface area contributed by atoms with Gasteiger partial charge < -0.3 is 14.2 Å². The monoisotopic (exact) mass is 434 g/mol. The number of methoxy groups -OCH3 is 3. The summed E-state index contributed by atoms with van der Waals surface area (Å²) < 4.78 is 79.2. The SMILES string of the molecule is COC(=O)CCS(=O)(=O)c1nc(-c2ccc(OC)c(OC)c2)cc(C(F)(F)F)n1. The third kappa shape index (κ3) is 5.34. The van der Waals surface area contributed by atoms with Crippen molar-refractivity contribution in [2.45, 2.75) is 17.8 Å². The van der Waals surface area contributed by atoms with Gasteiger partial charge in [-0.3, -0.25) is 4.79 Å². The maximum atomic E-state index is 13.3. The van der Waals surface area contributed by atoms with Gasteiger partial charge in [0.05, 0.1) is 39.2 Å². The second-order valence-electron chi connectivity index (χ2n) is 5.63. The lowest BCUT2D eigenvalue weighted by Gasteiger charge is -2.13. The number of esters is 1. The molecule has 0 radical (unpaired) electrons. The summed E-state index contributed by atoms with van der Waals surface area (Å²) in [6.07, 6.45) is -5.47. The smallest absolute Gasteiger partial charge is 0.433 e. The van der Waals surface area contributed by atoms with Gasteiger partial charge in [0.25, 0.3) is 0 Å². The molecule has 0 saturated heterocycles. The number of aromatic nitrogens is 2. The highest BCUT2D eigenvalue weighted by Gasteiger charge is 2.35. The molecule has 0 atom stereocenters. The predicted molar refractivity (Wildman–Crippen MR) is 94.3 cm³/mol. The van der Waals surface area contributed by atoms with Crippen LogP contribution in [0.3, 0.4) is 0 Å². The summed E-state index contributed by atoms with van der Waals surface area (Å²) in [5, 5.41) is -1.04. The lowest BCUT2D eigenvalue weighted by atomic mass is 10.1. The first kappa shape index (κ1) is 22.4. The molecule has 1 aromatic heterocycles. The Bertz CT molecular complexity index is 1010. The molecule has 1 aromatic carbocycles. The van der Waals surface area contributed by atoms with Crippen molar-refractivity contribution >= 4 is 15.8 Å². The van der Waals surface area contributed by atoms with E-state index in [0.29, 0.717) is 11.8 Å². The Kier molecular flexibility index (Phi) is 6.67. The topological polar surface area (TPSA) is 105 Å². The Morgan fingerprint density at radius 2 is 1.69 bits per heavy atom. The molecule has 12 heteroatoms. The van der Waals surface area contributed by atoms with Gasteiger partial charge in [0.2, 0.25) is 15.0 Å². The molecule has 1 heterocycles. The highest BCUT2D eigenvalue weighted by atomic mass is 32.2. The van der Waals surface area contributed by atoms with E-state index in [2.05, 4.69) is 14.7 Å². The molecular weight excluding hydrogens is 417 g/mol. The van der Waals surface area contributed by atoms with Gasteiger partial charge in [-0.15, -0.1) is 0 Å². The first-order valence-electron chi connectivity index (χ1n) is 8.00. The van der Waals surface area contributed by atoms with Crippen molar-refractivity contribution in [1.29, 1.82) is 0 Å². The summed E-state index contributed by atoms with van der Waals surface area (Å²) in [6, 6.07) is 4.82. The fourth-order valence-electron chi connectivity index (χ4n) is 2.26. The van der Waals surface area contributed by atoms with Crippen molar-refractivity contribution in [3.8, 4) is 22.8 Å². The van der Waals surface area contributed by atoms with Gasteiger partial charge in [-0.25, -0.2) is 18.4 Å². The van der Waals surface area contributed by atoms with Gasteiger partial charge >= 0.3 is 12.1 Å². The van der Waals surface area contributed by atoms with E-state index in [1.165, 1.54) is 32.4 Å². The largest absolute Gasteiger partial charge is 0.493 e. The van der Waals surface area contributed by atoms with E-state index in [-0.39, 0.29) is 17.0 Å². The van der Waals surface area contributed by atoms with Crippen molar-refractivity contribution in [3.63, 3.8) is 0 Å². The van der Waals surface area contributed by atoms with Crippen molar-refractivity contribution < 1.29 is 40.6 Å². The third-order valence-electron chi connectivity index (χ3n) is 3.76. The zero-order valence-corrected chi connectivity index (χ0v) is 16.4. The average molecular weight is 434 g/mol. The van der Waals surface area contributed by atoms with E-state index in [1.807, 2.05) is 0 Å². The second-order valence-corrected chi connectivity index (χ2v) is 7.64. The first-order chi connectivity index (χ1) is 13.5. The van der Waals surface area contributed by atoms with Gasteiger partial charge in [0.1, 0.15) is 5.69 Å². The predicted octanol–water partition coefficient (Wildman–Crippen LogP) is 2.52. The number of benzene rings is 1. The number of halogens is 3. The van der Waals surface area contributed by atoms with Gasteiger partial charge in [0.15, 0.2) is 11.5 Å². The van der Waals surface area contributed by atoms with Crippen LogP contribution in [-0.2, 0) is 25.5 Å². The first-order valence-corrected chi connectivity index (χ1v) is 9.65. The fraction of sp³-hybridized carbons (Fsp3) is 0.353. The van der Waals surface area contributed by atoms with Crippen LogP contribution >= 0.6 is 0 Å². The number of sulfone groups is 1. The Labute approximate surface area is 164 Å². The highest BCUT2D eigenvalue weighted by molar-refractivity contribution is 7.91. The van der Waals surface area contributed by atoms with Crippen molar-refractivity contribution in [2.75, 3.05) is 27.1 Å². The van der Waals surface area contributed by atoms with Crippen molar-refractivity contribution in [2.24, 2.45) is 0 Å². The molecule has 0 aliphatic heterocycles. The average Bonchev–Trinajstić information content (AvgIpc) is 2.70. The van der Waals surface area contributed by atoms with Crippen LogP contribution in [0, 0.1) is 0 Å². The zero-order valence-electron chi connectivity index (χ0n) is 15.6. The molecule has 0 unspecified atom stereocenters. The summed E-state index contributed by atoms with van der Waals surface area (Å²) in [7, 11) is -0.602. The molecule has 0 aliphatic rings. The molecular formula is C17H17F3N2O6S. The number of hydrogen-bond acceptors (Lipinski definition) is 8. The fourth-order valence-corrected chi connectivity index (χ4v) is 3.36. The number of rotatable bonds is 7. The number of carbonyl (C=O) groups is 1. The van der Waals surface area contributed by atoms with Crippen LogP contribution in [0.4, 0.5) is 13.2 Å². The molecule has 0 aliphatic carbocycles. The zero-order chi connectivity index (χ0) is 21.8. The highest BCUT2D eigenvalue weighted by Crippen LogP contribution is 2.34. The van der Waals surface area contributed by atoms with Gasteiger partial charge in [0, 0.05) is 5.56 Å². The summed E-state index contributed by atoms with van der Waals surface area (Å²) in [5.74, 6) is -1.09. The summed E-state index contributed by atoms with van der Waals surface area (Å²) in [6.45, 7) is 0. The van der Waals surface area contributed by atoms with Gasteiger partial charge in [-0.05, 0) is 24.3 Å². The van der Waals surface area contributed by atoms with Crippen LogP contribution in [0.5, 0.6) is 11.5 Å². The van der Waals surface area contributed by atoms with Crippen LogP contribution in [-0.4, -0.2) is 51.4 Å². The maximum absolute atomic E-state index is 13.3. The minimum atomic E-state index is -4.92. The standard InChI is InChI=1S/C17H17F3N2O6S/c1-26-12-5-4-10(8-13(12)27-2)11-9-14(17(18,19)20)22-16(21-11)29(24,25)7-6-15(23)28-3/h4-5,8-9H,6-7H2,1-3H3. The van der Waals surface area contributed by atoms with Gasteiger partial charge in [-0.2, -0.15) is 13.2 Å². The maximum Gasteiger partial charge on any atom is 0.433 e. The number of ether oxygens (including phenoxy) is 3. The molecule has 0 N–H and O–H groups in total. The summed E-state index contributed by atoms with van der Waals surface area (Å²) >= 11 is 0. The van der Waals surface area contributed by atoms with Crippen LogP contribution in [0.2, 0.25) is 0 Å². The lowest BCUT2D eigenvalue weighted by Crippen LogP contribution is -2.18. The molecule has 158 valence electrons. The Hall–Kier alpha value is -2.89. The number of alkyl halides is 3. The van der Waals surface area contributed by atoms with Crippen molar-refractivity contribution in [3.05, 3.63) is 30.0 Å². The van der Waals surface area contributed by atoms with E-state index in [0.717, 1.165) is 7.11 Å². The van der Waals surface area contributed by atoms with Crippen molar-refractivity contribution in [1.82, 2.24) is 9.97 Å². The Balaban J connectivity index is 2.60. The summed E-state index contributed by atoms with van der Waals surface area (Å²) in [4.78, 5) is 18.1. The minimum absolute atomic E-state index is 0.153. The number of hydrogen-bond donors (Lipinski definition) is 0. The quantitative estimate of drug-likeness (QED) is 0.484. The van der Waals surface area contributed by atoms with E-state index >= 15 is 0 Å². The molecule has 0 saturated carbocycles. The second kappa shape index (κ2) is 8.64. The van der Waals surface area contributed by atoms with E-state index in [9.17, 15) is 26.4 Å². The van der Waals surface area contributed by atoms with Gasteiger partial charge in [-0.1, -0.05) is 0 Å². The summed E-state index contributed by atoms with van der Waals surface area (Å²) in [5.41, 5.74) is -1.57. The Morgan fingerprint density at radius 3 is 2.24 bits per heavy atom. The van der Waals surface area contributed by atoms with E-state index in [4.69, 9.17) is 9.47 Å². The Morgan fingerprint density at radius 1 is 1.03 bits per heavy atom. The molecule has 0 bridgehead atoms. The van der Waals surface area contributed by atoms with E-state index in [1.54, 1.807) is 0 Å². The number of carbonyl (C=O) groups excluding carboxylic acids is 1. The van der Waals surface area contributed by atoms with Crippen LogP contribution in [0.15, 0.2) is 29.4 Å². The number of nitrogens with zero attached hydrogens (tertiary/aromatic N) is 2. The van der Waals surface area contributed by atoms with E-state index < -0.39 is 45.0 Å². The molecule has 0 amide bonds. The lowest BCUT2D eigenvalue weighted by molar-refractivity contribution is -0.142. The normalized spacial score (nSPS) is 11.8. The van der Waals surface area contributed by atoms with Crippen LogP contribution < -0.4 is 9.47 Å². The molecule has 8 nitrogen and oxygen atoms in total. The molecule has 0 fully saturated rings. The molecule has 0 spiro atoms. The molecule has 29 heavy (non-hydrogen) atoms. The van der Waals surface area contributed by atoms with Crippen LogP contribution in [0.25, 0.3) is 11.3 Å². The van der Waals surface area contributed by atoms with Crippen LogP contribution in [0.1, 0.15) is 12.1 Å². The minimum Gasteiger partial charge on any atom is -0.493 e. The third-order valence-corrected chi connectivity index (χ3v) is 5.24. The molecule has 2 aromatic rings.